The van der Waals surface area contributed by atoms with Crippen LogP contribution in [0.25, 0.3) is 11.1 Å². The average molecular weight is 475 g/mol. The predicted octanol–water partition coefficient (Wildman–Crippen LogP) is 3.45. The summed E-state index contributed by atoms with van der Waals surface area (Å²) in [5.74, 6) is -1.02. The zero-order chi connectivity index (χ0) is 24.8. The van der Waals surface area contributed by atoms with Crippen molar-refractivity contribution in [1.29, 1.82) is 0 Å². The maximum atomic E-state index is 12.5. The Morgan fingerprint density at radius 3 is 2.17 bits per heavy atom. The molecular weight excluding hydrogens is 448 g/mol. The number of alkyl carbamates (subject to hydrolysis) is 1. The molecule has 0 fully saturated rings. The maximum absolute atomic E-state index is 12.5. The van der Waals surface area contributed by atoms with Crippen LogP contribution in [0.15, 0.2) is 60.9 Å². The number of carboxylic acids is 1. The number of fused-ring (bicyclic) bond motifs is 3. The molecule has 2 N–H and O–H groups in total. The van der Waals surface area contributed by atoms with Gasteiger partial charge in [-0.2, -0.15) is 0 Å². The van der Waals surface area contributed by atoms with Crippen LogP contribution in [0.3, 0.4) is 0 Å². The van der Waals surface area contributed by atoms with Crippen LogP contribution >= 0.6 is 0 Å². The van der Waals surface area contributed by atoms with E-state index in [1.54, 1.807) is 6.92 Å². The molecule has 9 heteroatoms. The van der Waals surface area contributed by atoms with E-state index in [0.29, 0.717) is 12.4 Å². The van der Waals surface area contributed by atoms with Crippen LogP contribution in [-0.2, 0) is 16.1 Å². The predicted molar refractivity (Wildman–Crippen MR) is 128 cm³/mol. The summed E-state index contributed by atoms with van der Waals surface area (Å²) >= 11 is 0. The third kappa shape index (κ3) is 5.46. The zero-order valence-electron chi connectivity index (χ0n) is 19.3. The normalized spacial score (nSPS) is 11.9. The highest BCUT2D eigenvalue weighted by Gasteiger charge is 2.29. The lowest BCUT2D eigenvalue weighted by molar-refractivity contribution is -0.137. The molecule has 0 unspecified atom stereocenters. The number of ether oxygens (including phenoxy) is 1. The Labute approximate surface area is 202 Å². The summed E-state index contributed by atoms with van der Waals surface area (Å²) in [5, 5.41) is 11.5. The van der Waals surface area contributed by atoms with E-state index in [0.717, 1.165) is 22.3 Å². The molecular formula is C26H26N4O5. The van der Waals surface area contributed by atoms with Crippen LogP contribution in [0.4, 0.5) is 4.79 Å². The molecule has 0 saturated heterocycles. The van der Waals surface area contributed by atoms with Crippen LogP contribution in [-0.4, -0.2) is 57.6 Å². The number of aromatic nitrogens is 2. The van der Waals surface area contributed by atoms with Crippen LogP contribution in [0, 0.1) is 0 Å². The van der Waals surface area contributed by atoms with Crippen molar-refractivity contribution in [3.63, 3.8) is 0 Å². The first-order valence-electron chi connectivity index (χ1n) is 11.4. The number of nitrogens with zero attached hydrogens (tertiary/aromatic N) is 3. The average Bonchev–Trinajstić information content (AvgIpc) is 3.20. The van der Waals surface area contributed by atoms with Gasteiger partial charge >= 0.3 is 12.1 Å². The Balaban J connectivity index is 1.30. The highest BCUT2D eigenvalue weighted by Crippen LogP contribution is 2.44. The van der Waals surface area contributed by atoms with Crippen molar-refractivity contribution in [2.45, 2.75) is 25.8 Å². The van der Waals surface area contributed by atoms with Gasteiger partial charge in [-0.25, -0.2) is 14.8 Å². The monoisotopic (exact) mass is 474 g/mol. The standard InChI is InChI=1S/C26H26N4O5/c1-2-30(12-11-24(31)32)25(33)17-13-27-23(28-14-17)15-29-26(34)35-16-22-20-9-5-3-7-18(20)19-8-4-6-10-21(19)22/h3-10,13-14,22H,2,11-12,15-16H2,1H3,(H,29,34)(H,31,32). The van der Waals surface area contributed by atoms with E-state index >= 15 is 0 Å². The molecule has 3 aromatic rings. The molecule has 0 atom stereocenters. The van der Waals surface area contributed by atoms with E-state index in [2.05, 4.69) is 39.6 Å². The number of rotatable bonds is 9. The van der Waals surface area contributed by atoms with Gasteiger partial charge in [0.05, 0.1) is 18.5 Å². The molecule has 1 aromatic heterocycles. The summed E-state index contributed by atoms with van der Waals surface area (Å²) in [6.07, 6.45) is 2.02. The van der Waals surface area contributed by atoms with Crippen LogP contribution < -0.4 is 5.32 Å². The number of hydrogen-bond donors (Lipinski definition) is 2. The SMILES string of the molecule is CCN(CCC(=O)O)C(=O)c1cnc(CNC(=O)OCC2c3ccccc3-c3ccccc32)nc1. The Bertz CT molecular complexity index is 1180. The summed E-state index contributed by atoms with van der Waals surface area (Å²) in [7, 11) is 0. The van der Waals surface area contributed by atoms with Gasteiger partial charge in [-0.1, -0.05) is 48.5 Å². The molecule has 1 heterocycles. The van der Waals surface area contributed by atoms with Crippen molar-refractivity contribution in [1.82, 2.24) is 20.2 Å². The lowest BCUT2D eigenvalue weighted by atomic mass is 9.98. The van der Waals surface area contributed by atoms with Crippen molar-refractivity contribution < 1.29 is 24.2 Å². The van der Waals surface area contributed by atoms with E-state index < -0.39 is 12.1 Å². The van der Waals surface area contributed by atoms with Gasteiger partial charge in [0.1, 0.15) is 12.4 Å². The van der Waals surface area contributed by atoms with Crippen molar-refractivity contribution in [3.05, 3.63) is 83.4 Å². The first kappa shape index (κ1) is 23.9. The topological polar surface area (TPSA) is 122 Å². The van der Waals surface area contributed by atoms with Crippen LogP contribution in [0.5, 0.6) is 0 Å². The fourth-order valence-electron chi connectivity index (χ4n) is 4.17. The first-order valence-corrected chi connectivity index (χ1v) is 11.4. The Kier molecular flexibility index (Phi) is 7.35. The van der Waals surface area contributed by atoms with E-state index in [4.69, 9.17) is 9.84 Å². The van der Waals surface area contributed by atoms with Gasteiger partial charge in [-0.3, -0.25) is 9.59 Å². The third-order valence-electron chi connectivity index (χ3n) is 5.95. The highest BCUT2D eigenvalue weighted by atomic mass is 16.5. The Morgan fingerprint density at radius 1 is 1.00 bits per heavy atom. The summed E-state index contributed by atoms with van der Waals surface area (Å²) in [6, 6.07) is 16.2. The molecule has 0 saturated carbocycles. The molecule has 180 valence electrons. The summed E-state index contributed by atoms with van der Waals surface area (Å²) < 4.78 is 5.50. The number of carboxylic acid groups (broad SMARTS) is 1. The fourth-order valence-corrected chi connectivity index (χ4v) is 4.17. The van der Waals surface area contributed by atoms with Gasteiger partial charge in [0, 0.05) is 31.4 Å². The van der Waals surface area contributed by atoms with Gasteiger partial charge in [0.2, 0.25) is 0 Å². The molecule has 1 aliphatic carbocycles. The van der Waals surface area contributed by atoms with E-state index in [9.17, 15) is 14.4 Å². The number of hydrogen-bond acceptors (Lipinski definition) is 6. The molecule has 0 bridgehead atoms. The molecule has 1 aliphatic rings. The summed E-state index contributed by atoms with van der Waals surface area (Å²) in [5.41, 5.74) is 4.83. The van der Waals surface area contributed by atoms with Crippen LogP contribution in [0.1, 0.15) is 46.6 Å². The first-order chi connectivity index (χ1) is 17.0. The van der Waals surface area contributed by atoms with E-state index in [-0.39, 0.29) is 43.5 Å². The number of aliphatic carboxylic acids is 1. The molecule has 2 amide bonds. The van der Waals surface area contributed by atoms with Crippen molar-refractivity contribution in [2.75, 3.05) is 19.7 Å². The van der Waals surface area contributed by atoms with E-state index in [1.807, 2.05) is 24.3 Å². The summed E-state index contributed by atoms with van der Waals surface area (Å²) in [4.78, 5) is 45.3. The molecule has 35 heavy (non-hydrogen) atoms. The number of carbonyl (C=O) groups is 3. The maximum Gasteiger partial charge on any atom is 0.407 e. The molecule has 2 aromatic carbocycles. The lowest BCUT2D eigenvalue weighted by Gasteiger charge is -2.19. The van der Waals surface area contributed by atoms with Crippen molar-refractivity contribution in [3.8, 4) is 11.1 Å². The van der Waals surface area contributed by atoms with Crippen molar-refractivity contribution >= 4 is 18.0 Å². The zero-order valence-corrected chi connectivity index (χ0v) is 19.3. The van der Waals surface area contributed by atoms with Gasteiger partial charge in [-0.05, 0) is 29.2 Å². The van der Waals surface area contributed by atoms with Gasteiger partial charge in [-0.15, -0.1) is 0 Å². The minimum atomic E-state index is -0.970. The second-order valence-electron chi connectivity index (χ2n) is 8.10. The molecule has 0 spiro atoms. The summed E-state index contributed by atoms with van der Waals surface area (Å²) in [6.45, 7) is 2.50. The van der Waals surface area contributed by atoms with Crippen molar-refractivity contribution in [2.24, 2.45) is 0 Å². The Morgan fingerprint density at radius 2 is 1.60 bits per heavy atom. The fraction of sp³-hybridized carbons (Fsp3) is 0.269. The highest BCUT2D eigenvalue weighted by molar-refractivity contribution is 5.93. The largest absolute Gasteiger partial charge is 0.481 e. The molecule has 0 radical (unpaired) electrons. The second kappa shape index (κ2) is 10.8. The third-order valence-corrected chi connectivity index (χ3v) is 5.95. The number of carbonyl (C=O) groups excluding carboxylic acids is 2. The minimum Gasteiger partial charge on any atom is -0.481 e. The molecule has 4 rings (SSSR count). The quantitative estimate of drug-likeness (QED) is 0.487. The minimum absolute atomic E-state index is 0.0302. The number of benzene rings is 2. The Hall–Kier alpha value is -4.27. The smallest absolute Gasteiger partial charge is 0.407 e. The van der Waals surface area contributed by atoms with Crippen LogP contribution in [0.2, 0.25) is 0 Å². The molecule has 0 aliphatic heterocycles. The number of amides is 2. The lowest BCUT2D eigenvalue weighted by Crippen LogP contribution is -2.33. The van der Waals surface area contributed by atoms with Gasteiger partial charge in [0.15, 0.2) is 0 Å². The number of nitrogens with one attached hydrogen (secondary N) is 1. The van der Waals surface area contributed by atoms with E-state index in [1.165, 1.54) is 17.3 Å². The second-order valence-corrected chi connectivity index (χ2v) is 8.10. The van der Waals surface area contributed by atoms with Gasteiger partial charge in [0.25, 0.3) is 5.91 Å². The van der Waals surface area contributed by atoms with Gasteiger partial charge < -0.3 is 20.1 Å². The molecule has 9 nitrogen and oxygen atoms in total.